The fraction of sp³-hybridized carbons (Fsp3) is 0.182. The van der Waals surface area contributed by atoms with Gasteiger partial charge in [-0.15, -0.1) is 0 Å². The van der Waals surface area contributed by atoms with E-state index in [1.54, 1.807) is 0 Å². The maximum Gasteiger partial charge on any atom is 0.214 e. The van der Waals surface area contributed by atoms with Gasteiger partial charge in [0.1, 0.15) is 0 Å². The highest BCUT2D eigenvalue weighted by Crippen LogP contribution is 2.23. The van der Waals surface area contributed by atoms with Crippen LogP contribution in [0.15, 0.2) is 24.4 Å². The number of hydrogen-bond acceptors (Lipinski definition) is 2. The number of nitrogens with zero attached hydrogens (tertiary/aromatic N) is 3. The van der Waals surface area contributed by atoms with Gasteiger partial charge in [-0.3, -0.25) is 4.40 Å². The Balaban J connectivity index is 2.49. The molecule has 0 saturated heterocycles. The van der Waals surface area contributed by atoms with E-state index in [2.05, 4.69) is 4.98 Å². The summed E-state index contributed by atoms with van der Waals surface area (Å²) in [6.45, 7) is 0.448. The summed E-state index contributed by atoms with van der Waals surface area (Å²) >= 11 is 6.00. The van der Waals surface area contributed by atoms with Gasteiger partial charge in [0, 0.05) is 24.8 Å². The van der Waals surface area contributed by atoms with E-state index in [1.807, 2.05) is 40.4 Å². The Morgan fingerprint density at radius 1 is 1.38 bits per heavy atom. The molecule has 3 rings (SSSR count). The molecule has 0 aliphatic rings. The van der Waals surface area contributed by atoms with Crippen LogP contribution in [0.5, 0.6) is 0 Å². The first-order chi connectivity index (χ1) is 7.70. The number of fused-ring (bicyclic) bond motifs is 3. The number of rotatable bonds is 1. The summed E-state index contributed by atoms with van der Waals surface area (Å²) in [6.07, 6.45) is 1.95. The molecular weight excluding hydrogens is 224 g/mol. The van der Waals surface area contributed by atoms with E-state index in [0.29, 0.717) is 6.54 Å². The Hall–Kier alpha value is -1.52. The van der Waals surface area contributed by atoms with Crippen molar-refractivity contribution in [1.29, 1.82) is 0 Å². The number of aromatic nitrogens is 3. The zero-order valence-electron chi connectivity index (χ0n) is 8.81. The molecule has 0 amide bonds. The van der Waals surface area contributed by atoms with Crippen LogP contribution in [0.4, 0.5) is 0 Å². The number of aryl methyl sites for hydroxylation is 1. The van der Waals surface area contributed by atoms with E-state index in [4.69, 9.17) is 17.3 Å². The Bertz CT molecular complexity index is 680. The van der Waals surface area contributed by atoms with Gasteiger partial charge in [0.2, 0.25) is 5.78 Å². The Labute approximate surface area is 97.2 Å². The molecule has 82 valence electrons. The average Bonchev–Trinajstić information content (AvgIpc) is 2.80. The van der Waals surface area contributed by atoms with Crippen LogP contribution in [0, 0.1) is 0 Å². The molecule has 0 aliphatic carbocycles. The molecule has 0 radical (unpaired) electrons. The molecule has 1 aromatic carbocycles. The van der Waals surface area contributed by atoms with Gasteiger partial charge < -0.3 is 10.3 Å². The van der Waals surface area contributed by atoms with Gasteiger partial charge in [-0.2, -0.15) is 0 Å². The minimum Gasteiger partial charge on any atom is -0.325 e. The van der Waals surface area contributed by atoms with Crippen molar-refractivity contribution >= 4 is 28.4 Å². The lowest BCUT2D eigenvalue weighted by atomic mass is 10.3. The Morgan fingerprint density at radius 2 is 2.19 bits per heavy atom. The SMILES string of the molecule is Cn1c2ccc(Cl)cc2n2cc(CN)nc12. The topological polar surface area (TPSA) is 48.2 Å². The molecule has 2 N–H and O–H groups in total. The van der Waals surface area contributed by atoms with Gasteiger partial charge in [0.25, 0.3) is 0 Å². The Morgan fingerprint density at radius 3 is 2.94 bits per heavy atom. The lowest BCUT2D eigenvalue weighted by Gasteiger charge is -1.95. The molecule has 0 bridgehead atoms. The summed E-state index contributed by atoms with van der Waals surface area (Å²) < 4.78 is 4.05. The predicted molar refractivity (Wildman–Crippen MR) is 64.6 cm³/mol. The normalized spacial score (nSPS) is 11.7. The minimum atomic E-state index is 0.448. The van der Waals surface area contributed by atoms with Crippen molar-refractivity contribution < 1.29 is 0 Å². The third kappa shape index (κ3) is 1.17. The maximum absolute atomic E-state index is 6.00. The molecule has 0 atom stereocenters. The van der Waals surface area contributed by atoms with Crippen LogP contribution in [0.3, 0.4) is 0 Å². The van der Waals surface area contributed by atoms with Gasteiger partial charge in [0.15, 0.2) is 0 Å². The standard InChI is InChI=1S/C11H11ClN4/c1-15-9-3-2-7(12)4-10(9)16-6-8(5-13)14-11(15)16/h2-4,6H,5,13H2,1H3. The highest BCUT2D eigenvalue weighted by atomic mass is 35.5. The van der Waals surface area contributed by atoms with Crippen LogP contribution in [0.2, 0.25) is 5.02 Å². The van der Waals surface area contributed by atoms with Gasteiger partial charge in [-0.1, -0.05) is 11.6 Å². The zero-order valence-corrected chi connectivity index (χ0v) is 9.57. The van der Waals surface area contributed by atoms with Crippen LogP contribution < -0.4 is 5.73 Å². The summed E-state index contributed by atoms with van der Waals surface area (Å²) in [4.78, 5) is 4.46. The zero-order chi connectivity index (χ0) is 11.3. The van der Waals surface area contributed by atoms with Crippen molar-refractivity contribution in [1.82, 2.24) is 14.0 Å². The van der Waals surface area contributed by atoms with E-state index in [0.717, 1.165) is 27.5 Å². The van der Waals surface area contributed by atoms with Crippen molar-refractivity contribution in [3.8, 4) is 0 Å². The van der Waals surface area contributed by atoms with E-state index in [1.165, 1.54) is 0 Å². The van der Waals surface area contributed by atoms with Gasteiger partial charge in [-0.25, -0.2) is 4.98 Å². The molecule has 2 aromatic heterocycles. The fourth-order valence-corrected chi connectivity index (χ4v) is 2.18. The smallest absolute Gasteiger partial charge is 0.214 e. The number of benzene rings is 1. The van der Waals surface area contributed by atoms with Crippen LogP contribution in [0.1, 0.15) is 5.69 Å². The molecule has 3 aromatic rings. The lowest BCUT2D eigenvalue weighted by Crippen LogP contribution is -1.96. The van der Waals surface area contributed by atoms with Gasteiger partial charge in [-0.05, 0) is 18.2 Å². The first-order valence-electron chi connectivity index (χ1n) is 5.02. The molecular formula is C11H11ClN4. The van der Waals surface area contributed by atoms with E-state index >= 15 is 0 Å². The van der Waals surface area contributed by atoms with Crippen molar-refractivity contribution in [3.63, 3.8) is 0 Å². The molecule has 4 nitrogen and oxygen atoms in total. The van der Waals surface area contributed by atoms with Crippen molar-refractivity contribution in [3.05, 3.63) is 35.1 Å². The molecule has 5 heteroatoms. The minimum absolute atomic E-state index is 0.448. The summed E-state index contributed by atoms with van der Waals surface area (Å²) in [6, 6.07) is 5.81. The van der Waals surface area contributed by atoms with Gasteiger partial charge in [0.05, 0.1) is 16.7 Å². The first kappa shape index (κ1) is 9.69. The van der Waals surface area contributed by atoms with E-state index in [9.17, 15) is 0 Å². The molecule has 16 heavy (non-hydrogen) atoms. The molecule has 0 aliphatic heterocycles. The second kappa shape index (κ2) is 3.23. The highest BCUT2D eigenvalue weighted by molar-refractivity contribution is 6.31. The summed E-state index contributed by atoms with van der Waals surface area (Å²) in [5.74, 6) is 0.887. The quantitative estimate of drug-likeness (QED) is 0.700. The van der Waals surface area contributed by atoms with Gasteiger partial charge >= 0.3 is 0 Å². The second-order valence-electron chi connectivity index (χ2n) is 3.80. The average molecular weight is 235 g/mol. The van der Waals surface area contributed by atoms with Crippen molar-refractivity contribution in [2.75, 3.05) is 0 Å². The summed E-state index contributed by atoms with van der Waals surface area (Å²) in [5.41, 5.74) is 8.63. The third-order valence-electron chi connectivity index (χ3n) is 2.80. The van der Waals surface area contributed by atoms with E-state index in [-0.39, 0.29) is 0 Å². The largest absolute Gasteiger partial charge is 0.325 e. The molecule has 0 fully saturated rings. The highest BCUT2D eigenvalue weighted by Gasteiger charge is 2.10. The number of nitrogens with two attached hydrogens (primary N) is 1. The maximum atomic E-state index is 6.00. The predicted octanol–water partition coefficient (Wildman–Crippen LogP) is 1.94. The first-order valence-corrected chi connectivity index (χ1v) is 5.40. The van der Waals surface area contributed by atoms with Crippen LogP contribution in [-0.4, -0.2) is 14.0 Å². The third-order valence-corrected chi connectivity index (χ3v) is 3.04. The molecule has 0 unspecified atom stereocenters. The number of hydrogen-bond donors (Lipinski definition) is 1. The number of halogens is 1. The second-order valence-corrected chi connectivity index (χ2v) is 4.23. The monoisotopic (exact) mass is 234 g/mol. The molecule has 0 spiro atoms. The van der Waals surface area contributed by atoms with Crippen LogP contribution in [-0.2, 0) is 13.6 Å². The van der Waals surface area contributed by atoms with Crippen molar-refractivity contribution in [2.45, 2.75) is 6.54 Å². The fourth-order valence-electron chi connectivity index (χ4n) is 2.01. The van der Waals surface area contributed by atoms with Crippen LogP contribution >= 0.6 is 11.6 Å². The van der Waals surface area contributed by atoms with Crippen molar-refractivity contribution in [2.24, 2.45) is 12.8 Å². The van der Waals surface area contributed by atoms with E-state index < -0.39 is 0 Å². The van der Waals surface area contributed by atoms with Crippen LogP contribution in [0.25, 0.3) is 16.8 Å². The lowest BCUT2D eigenvalue weighted by molar-refractivity contribution is 0.954. The Kier molecular flexibility index (Phi) is 1.96. The summed E-state index contributed by atoms with van der Waals surface area (Å²) in [5, 5.41) is 0.725. The molecule has 2 heterocycles. The number of imidazole rings is 2. The summed E-state index contributed by atoms with van der Waals surface area (Å²) in [7, 11) is 1.98. The molecule has 0 saturated carbocycles.